The predicted octanol–water partition coefficient (Wildman–Crippen LogP) is 3.90. The fraction of sp³-hybridized carbons (Fsp3) is 0.241. The number of carbonyl (C=O) groups excluding carboxylic acids is 3. The molecule has 3 rings (SSSR count). The smallest absolute Gasteiger partial charge is 0.262 e. The summed E-state index contributed by atoms with van der Waals surface area (Å²) < 4.78 is 16.6. The molecule has 12 heteroatoms. The van der Waals surface area contributed by atoms with E-state index in [2.05, 4.69) is 15.8 Å². The Balaban J connectivity index is 1.70. The number of hydrogen-bond acceptors (Lipinski definition) is 7. The number of rotatable bonds is 14. The summed E-state index contributed by atoms with van der Waals surface area (Å²) in [6.07, 6.45) is 0.659. The highest BCUT2D eigenvalue weighted by molar-refractivity contribution is 6.35. The number of nitrogens with zero attached hydrogens (tertiary/aromatic N) is 1. The van der Waals surface area contributed by atoms with Gasteiger partial charge < -0.3 is 25.3 Å². The summed E-state index contributed by atoms with van der Waals surface area (Å²) in [4.78, 5) is 37.1. The number of benzene rings is 3. The first-order chi connectivity index (χ1) is 19.7. The molecule has 0 unspecified atom stereocenters. The van der Waals surface area contributed by atoms with Gasteiger partial charge >= 0.3 is 0 Å². The molecule has 0 spiro atoms. The van der Waals surface area contributed by atoms with Crippen molar-refractivity contribution in [2.24, 2.45) is 10.8 Å². The average Bonchev–Trinajstić information content (AvgIpc) is 2.94. The van der Waals surface area contributed by atoms with Crippen molar-refractivity contribution >= 4 is 47.1 Å². The molecule has 0 fully saturated rings. The van der Waals surface area contributed by atoms with Crippen LogP contribution in [0, 0.1) is 0 Å². The van der Waals surface area contributed by atoms with Crippen molar-refractivity contribution in [2.45, 2.75) is 32.4 Å². The van der Waals surface area contributed by atoms with Gasteiger partial charge in [0.15, 0.2) is 24.2 Å². The minimum atomic E-state index is -0.962. The van der Waals surface area contributed by atoms with E-state index in [-0.39, 0.29) is 23.8 Å². The first-order valence-corrected chi connectivity index (χ1v) is 13.4. The van der Waals surface area contributed by atoms with Crippen LogP contribution in [0.4, 0.5) is 0 Å². The van der Waals surface area contributed by atoms with Crippen LogP contribution in [0.1, 0.15) is 25.0 Å². The van der Waals surface area contributed by atoms with E-state index in [4.69, 9.17) is 43.1 Å². The molecule has 0 radical (unpaired) electrons. The second-order valence-electron chi connectivity index (χ2n) is 8.71. The Kier molecular flexibility index (Phi) is 11.8. The molecule has 0 aliphatic carbocycles. The van der Waals surface area contributed by atoms with E-state index in [9.17, 15) is 14.4 Å². The fourth-order valence-electron chi connectivity index (χ4n) is 3.55. The predicted molar refractivity (Wildman–Crippen MR) is 157 cm³/mol. The van der Waals surface area contributed by atoms with Crippen LogP contribution in [-0.4, -0.2) is 49.3 Å². The van der Waals surface area contributed by atoms with Crippen molar-refractivity contribution in [1.82, 2.24) is 10.7 Å². The summed E-state index contributed by atoms with van der Waals surface area (Å²) in [5, 5.41) is 7.46. The lowest BCUT2D eigenvalue weighted by Crippen LogP contribution is -2.50. The second kappa shape index (κ2) is 15.5. The zero-order chi connectivity index (χ0) is 29.8. The Labute approximate surface area is 247 Å². The highest BCUT2D eigenvalue weighted by Gasteiger charge is 2.25. The van der Waals surface area contributed by atoms with Gasteiger partial charge in [0, 0.05) is 11.4 Å². The van der Waals surface area contributed by atoms with Gasteiger partial charge in [-0.05, 0) is 61.4 Å². The molecule has 0 aromatic heterocycles. The van der Waals surface area contributed by atoms with Gasteiger partial charge in [0.1, 0.15) is 11.8 Å². The van der Waals surface area contributed by atoms with Crippen LogP contribution in [0.3, 0.4) is 0 Å². The first kappa shape index (κ1) is 31.3. The summed E-state index contributed by atoms with van der Waals surface area (Å²) in [5.41, 5.74) is 9.04. The molecule has 3 aromatic rings. The van der Waals surface area contributed by atoms with E-state index >= 15 is 0 Å². The topological polar surface area (TPSA) is 141 Å². The summed E-state index contributed by atoms with van der Waals surface area (Å²) >= 11 is 12.1. The van der Waals surface area contributed by atoms with Crippen LogP contribution >= 0.6 is 23.2 Å². The first-order valence-electron chi connectivity index (χ1n) is 12.6. The minimum absolute atomic E-state index is 0.211. The van der Waals surface area contributed by atoms with Crippen LogP contribution in [-0.2, 0) is 20.8 Å². The van der Waals surface area contributed by atoms with E-state index < -0.39 is 29.9 Å². The molecule has 0 heterocycles. The van der Waals surface area contributed by atoms with Crippen LogP contribution < -0.4 is 30.7 Å². The second-order valence-corrected chi connectivity index (χ2v) is 9.56. The largest absolute Gasteiger partial charge is 0.490 e. The highest BCUT2D eigenvalue weighted by atomic mass is 35.5. The Morgan fingerprint density at radius 2 is 1.68 bits per heavy atom. The van der Waals surface area contributed by atoms with Crippen molar-refractivity contribution in [3.63, 3.8) is 0 Å². The van der Waals surface area contributed by atoms with Gasteiger partial charge in [-0.15, -0.1) is 0 Å². The van der Waals surface area contributed by atoms with E-state index in [1.54, 1.807) is 44.2 Å². The minimum Gasteiger partial charge on any atom is -0.490 e. The summed E-state index contributed by atoms with van der Waals surface area (Å²) in [5.74, 6) is -0.676. The lowest BCUT2D eigenvalue weighted by atomic mass is 10.1. The highest BCUT2D eigenvalue weighted by Crippen LogP contribution is 2.29. The van der Waals surface area contributed by atoms with Crippen molar-refractivity contribution in [3.05, 3.63) is 87.9 Å². The van der Waals surface area contributed by atoms with Crippen molar-refractivity contribution in [3.8, 4) is 17.2 Å². The maximum atomic E-state index is 13.1. The van der Waals surface area contributed by atoms with Gasteiger partial charge in [0.05, 0.1) is 17.8 Å². The molecule has 0 aliphatic heterocycles. The third-order valence-corrected chi connectivity index (χ3v) is 6.04. The zero-order valence-electron chi connectivity index (χ0n) is 22.4. The Hall–Kier alpha value is -4.28. The molecule has 0 aliphatic rings. The van der Waals surface area contributed by atoms with Gasteiger partial charge in [0.2, 0.25) is 0 Å². The zero-order valence-corrected chi connectivity index (χ0v) is 23.9. The van der Waals surface area contributed by atoms with Gasteiger partial charge in [-0.2, -0.15) is 5.10 Å². The number of ether oxygens (including phenoxy) is 3. The molecular formula is C29H30Cl2N4O6. The number of carbonyl (C=O) groups is 3. The number of hydrogen-bond donors (Lipinski definition) is 3. The van der Waals surface area contributed by atoms with E-state index in [0.717, 1.165) is 5.56 Å². The Bertz CT molecular complexity index is 1390. The van der Waals surface area contributed by atoms with E-state index in [0.29, 0.717) is 28.7 Å². The van der Waals surface area contributed by atoms with E-state index in [1.807, 2.05) is 30.3 Å². The SMILES string of the molecule is CCOc1cc(/C=N\NC(=O)[C@H](Cc2ccccc2)NC(=O)[C@H](C)Oc2ccc(Cl)cc2Cl)ccc1OCC(N)=O. The third kappa shape index (κ3) is 10.0. The van der Waals surface area contributed by atoms with Gasteiger partial charge in [-0.3, -0.25) is 14.4 Å². The fourth-order valence-corrected chi connectivity index (χ4v) is 4.01. The molecule has 10 nitrogen and oxygen atoms in total. The molecule has 0 saturated carbocycles. The maximum absolute atomic E-state index is 13.1. The quantitative estimate of drug-likeness (QED) is 0.189. The van der Waals surface area contributed by atoms with Crippen LogP contribution in [0.5, 0.6) is 17.2 Å². The summed E-state index contributed by atoms with van der Waals surface area (Å²) in [6, 6.07) is 17.8. The number of hydrazone groups is 1. The molecule has 216 valence electrons. The average molecular weight is 601 g/mol. The monoisotopic (exact) mass is 600 g/mol. The van der Waals surface area contributed by atoms with Crippen molar-refractivity contribution in [1.29, 1.82) is 0 Å². The summed E-state index contributed by atoms with van der Waals surface area (Å²) in [7, 11) is 0. The molecule has 0 saturated heterocycles. The number of nitrogens with one attached hydrogen (secondary N) is 2. The number of nitrogens with two attached hydrogens (primary N) is 1. The normalized spacial score (nSPS) is 12.3. The lowest BCUT2D eigenvalue weighted by Gasteiger charge is -2.21. The van der Waals surface area contributed by atoms with Crippen molar-refractivity contribution in [2.75, 3.05) is 13.2 Å². The van der Waals surface area contributed by atoms with E-state index in [1.165, 1.54) is 12.3 Å². The molecule has 4 N–H and O–H groups in total. The third-order valence-electron chi connectivity index (χ3n) is 5.51. The molecule has 2 atom stereocenters. The molecule has 3 amide bonds. The molecule has 41 heavy (non-hydrogen) atoms. The molecular weight excluding hydrogens is 571 g/mol. The van der Waals surface area contributed by atoms with Crippen LogP contribution in [0.25, 0.3) is 0 Å². The summed E-state index contributed by atoms with van der Waals surface area (Å²) in [6.45, 7) is 3.41. The van der Waals surface area contributed by atoms with Gasteiger partial charge in [-0.1, -0.05) is 53.5 Å². The number of amides is 3. The lowest BCUT2D eigenvalue weighted by molar-refractivity contribution is -0.132. The maximum Gasteiger partial charge on any atom is 0.262 e. The van der Waals surface area contributed by atoms with Gasteiger partial charge in [-0.25, -0.2) is 5.43 Å². The molecule has 3 aromatic carbocycles. The number of halogens is 2. The Morgan fingerprint density at radius 3 is 2.37 bits per heavy atom. The Morgan fingerprint density at radius 1 is 0.951 bits per heavy atom. The van der Waals surface area contributed by atoms with Crippen LogP contribution in [0.2, 0.25) is 10.0 Å². The standard InChI is InChI=1S/C29H30Cl2N4O6/c1-3-39-26-14-20(9-11-25(26)40-17-27(32)36)16-33-35-29(38)23(13-19-7-5-4-6-8-19)34-28(37)18(2)41-24-12-10-21(30)15-22(24)31/h4-12,14-16,18,23H,3,13,17H2,1-2H3,(H2,32,36)(H,34,37)(H,35,38)/b33-16-/t18-,23-/m0/s1. The van der Waals surface area contributed by atoms with Gasteiger partial charge in [0.25, 0.3) is 17.7 Å². The van der Waals surface area contributed by atoms with Crippen LogP contribution in [0.15, 0.2) is 71.8 Å². The molecule has 0 bridgehead atoms. The van der Waals surface area contributed by atoms with Crippen molar-refractivity contribution < 1.29 is 28.6 Å². The number of primary amides is 1.